The zero-order chi connectivity index (χ0) is 13.8. The first kappa shape index (κ1) is 14.1. The number of hydrogen-bond donors (Lipinski definition) is 1. The maximum Gasteiger partial charge on any atom is 0.0248 e. The zero-order valence-corrected chi connectivity index (χ0v) is 12.4. The molecule has 1 saturated heterocycles. The van der Waals surface area contributed by atoms with Crippen LogP contribution in [0.5, 0.6) is 0 Å². The van der Waals surface area contributed by atoms with E-state index in [-0.39, 0.29) is 0 Å². The van der Waals surface area contributed by atoms with Crippen LogP contribution in [-0.2, 0) is 6.54 Å². The molecule has 0 radical (unpaired) electrons. The third-order valence-corrected chi connectivity index (χ3v) is 4.91. The summed E-state index contributed by atoms with van der Waals surface area (Å²) in [4.78, 5) is 5.21. The standard InChI is InChI=1S/C17H27N3/c18-16-8-4-5-9-17(16)20-12-10-19(11-13-20)14-15-6-2-1-3-7-15/h1-3,6-7,16-17H,4-5,8-14,18H2/t16-,17+/m0/s1. The van der Waals surface area contributed by atoms with Gasteiger partial charge in [0.15, 0.2) is 0 Å². The highest BCUT2D eigenvalue weighted by Crippen LogP contribution is 2.23. The Hall–Kier alpha value is -0.900. The second-order valence-corrected chi connectivity index (χ2v) is 6.31. The number of piperazine rings is 1. The van der Waals surface area contributed by atoms with Gasteiger partial charge in [-0.1, -0.05) is 43.2 Å². The quantitative estimate of drug-likeness (QED) is 0.915. The lowest BCUT2D eigenvalue weighted by Crippen LogP contribution is -2.56. The van der Waals surface area contributed by atoms with Gasteiger partial charge in [-0.3, -0.25) is 9.80 Å². The van der Waals surface area contributed by atoms with Crippen LogP contribution in [0.15, 0.2) is 30.3 Å². The summed E-state index contributed by atoms with van der Waals surface area (Å²) in [5.74, 6) is 0. The van der Waals surface area contributed by atoms with Crippen LogP contribution in [0.2, 0.25) is 0 Å². The number of nitrogens with zero attached hydrogens (tertiary/aromatic N) is 2. The third kappa shape index (κ3) is 3.40. The van der Waals surface area contributed by atoms with Crippen LogP contribution >= 0.6 is 0 Å². The molecule has 110 valence electrons. The third-order valence-electron chi connectivity index (χ3n) is 4.91. The van der Waals surface area contributed by atoms with E-state index in [1.807, 2.05) is 0 Å². The Bertz CT molecular complexity index is 398. The van der Waals surface area contributed by atoms with Crippen molar-refractivity contribution < 1.29 is 0 Å². The van der Waals surface area contributed by atoms with Crippen LogP contribution < -0.4 is 5.73 Å². The summed E-state index contributed by atoms with van der Waals surface area (Å²) in [5, 5.41) is 0. The molecule has 2 fully saturated rings. The number of hydrogen-bond acceptors (Lipinski definition) is 3. The van der Waals surface area contributed by atoms with Gasteiger partial charge in [0.05, 0.1) is 0 Å². The molecule has 3 nitrogen and oxygen atoms in total. The van der Waals surface area contributed by atoms with Crippen LogP contribution in [0, 0.1) is 0 Å². The topological polar surface area (TPSA) is 32.5 Å². The molecule has 1 aliphatic heterocycles. The maximum absolute atomic E-state index is 6.31. The highest BCUT2D eigenvalue weighted by atomic mass is 15.3. The fourth-order valence-corrected chi connectivity index (χ4v) is 3.69. The first-order chi connectivity index (χ1) is 9.83. The molecule has 3 rings (SSSR count). The lowest BCUT2D eigenvalue weighted by atomic mass is 9.89. The van der Waals surface area contributed by atoms with E-state index in [0.717, 1.165) is 6.54 Å². The molecule has 1 aliphatic carbocycles. The predicted octanol–water partition coefficient (Wildman–Crippen LogP) is 2.07. The molecule has 2 aliphatic rings. The smallest absolute Gasteiger partial charge is 0.0248 e. The predicted molar refractivity (Wildman–Crippen MR) is 83.5 cm³/mol. The van der Waals surface area contributed by atoms with Gasteiger partial charge < -0.3 is 5.73 Å². The van der Waals surface area contributed by atoms with Crippen molar-refractivity contribution in [3.05, 3.63) is 35.9 Å². The minimum absolute atomic E-state index is 0.407. The van der Waals surface area contributed by atoms with E-state index in [1.165, 1.54) is 57.4 Å². The van der Waals surface area contributed by atoms with Crippen LogP contribution in [0.25, 0.3) is 0 Å². The molecular weight excluding hydrogens is 246 g/mol. The average molecular weight is 273 g/mol. The first-order valence-electron chi connectivity index (χ1n) is 8.09. The van der Waals surface area contributed by atoms with Gasteiger partial charge in [0.25, 0.3) is 0 Å². The van der Waals surface area contributed by atoms with E-state index in [0.29, 0.717) is 12.1 Å². The number of rotatable bonds is 3. The number of benzene rings is 1. The summed E-state index contributed by atoms with van der Waals surface area (Å²) in [6, 6.07) is 11.9. The molecule has 1 heterocycles. The van der Waals surface area contributed by atoms with Crippen molar-refractivity contribution in [3.8, 4) is 0 Å². The SMILES string of the molecule is N[C@H]1CCCC[C@H]1N1CCN(Cc2ccccc2)CC1. The van der Waals surface area contributed by atoms with Gasteiger partial charge in [-0.2, -0.15) is 0 Å². The fraction of sp³-hybridized carbons (Fsp3) is 0.647. The Kier molecular flexibility index (Phi) is 4.71. The maximum atomic E-state index is 6.31. The van der Waals surface area contributed by atoms with Gasteiger partial charge in [-0.15, -0.1) is 0 Å². The van der Waals surface area contributed by atoms with Gasteiger partial charge in [-0.25, -0.2) is 0 Å². The minimum Gasteiger partial charge on any atom is -0.326 e. The van der Waals surface area contributed by atoms with Gasteiger partial charge in [0, 0.05) is 44.8 Å². The Morgan fingerprint density at radius 1 is 0.950 bits per heavy atom. The normalized spacial score (nSPS) is 29.4. The largest absolute Gasteiger partial charge is 0.326 e. The highest BCUT2D eigenvalue weighted by molar-refractivity contribution is 5.14. The molecule has 0 spiro atoms. The lowest BCUT2D eigenvalue weighted by molar-refractivity contribution is 0.0663. The van der Waals surface area contributed by atoms with E-state index in [9.17, 15) is 0 Å². The Morgan fingerprint density at radius 3 is 2.35 bits per heavy atom. The zero-order valence-electron chi connectivity index (χ0n) is 12.4. The van der Waals surface area contributed by atoms with Crippen LogP contribution in [0.3, 0.4) is 0 Å². The molecular formula is C17H27N3. The summed E-state index contributed by atoms with van der Waals surface area (Å²) in [5.41, 5.74) is 7.74. The van der Waals surface area contributed by atoms with Crippen molar-refractivity contribution in [2.75, 3.05) is 26.2 Å². The second kappa shape index (κ2) is 6.70. The van der Waals surface area contributed by atoms with Gasteiger partial charge in [0.2, 0.25) is 0 Å². The van der Waals surface area contributed by atoms with Crippen molar-refractivity contribution in [2.24, 2.45) is 5.73 Å². The Balaban J connectivity index is 1.49. The van der Waals surface area contributed by atoms with E-state index in [4.69, 9.17) is 5.73 Å². The molecule has 0 bridgehead atoms. The van der Waals surface area contributed by atoms with Gasteiger partial charge >= 0.3 is 0 Å². The molecule has 0 amide bonds. The van der Waals surface area contributed by atoms with Crippen LogP contribution in [0.1, 0.15) is 31.2 Å². The highest BCUT2D eigenvalue weighted by Gasteiger charge is 2.29. The van der Waals surface area contributed by atoms with Crippen LogP contribution in [0.4, 0.5) is 0 Å². The summed E-state index contributed by atoms with van der Waals surface area (Å²) >= 11 is 0. The molecule has 2 N–H and O–H groups in total. The molecule has 1 aromatic carbocycles. The summed E-state index contributed by atoms with van der Waals surface area (Å²) in [6.07, 6.45) is 5.21. The second-order valence-electron chi connectivity index (χ2n) is 6.31. The molecule has 0 aromatic heterocycles. The van der Waals surface area contributed by atoms with E-state index < -0.39 is 0 Å². The molecule has 2 atom stereocenters. The van der Waals surface area contributed by atoms with E-state index in [1.54, 1.807) is 0 Å². The lowest BCUT2D eigenvalue weighted by Gasteiger charge is -2.43. The molecule has 1 aromatic rings. The molecule has 1 saturated carbocycles. The van der Waals surface area contributed by atoms with Crippen molar-refractivity contribution in [1.82, 2.24) is 9.80 Å². The van der Waals surface area contributed by atoms with Crippen molar-refractivity contribution in [3.63, 3.8) is 0 Å². The summed E-state index contributed by atoms with van der Waals surface area (Å²) in [7, 11) is 0. The van der Waals surface area contributed by atoms with E-state index in [2.05, 4.69) is 40.1 Å². The first-order valence-corrected chi connectivity index (χ1v) is 8.09. The average Bonchev–Trinajstić information content (AvgIpc) is 2.50. The number of nitrogens with two attached hydrogens (primary N) is 1. The van der Waals surface area contributed by atoms with Gasteiger partial charge in [-0.05, 0) is 18.4 Å². The summed E-state index contributed by atoms with van der Waals surface area (Å²) < 4.78 is 0. The Labute approximate surface area is 122 Å². The fourth-order valence-electron chi connectivity index (χ4n) is 3.69. The monoisotopic (exact) mass is 273 g/mol. The summed E-state index contributed by atoms with van der Waals surface area (Å²) in [6.45, 7) is 5.82. The Morgan fingerprint density at radius 2 is 1.65 bits per heavy atom. The molecule has 0 unspecified atom stereocenters. The van der Waals surface area contributed by atoms with Crippen molar-refractivity contribution in [2.45, 2.75) is 44.3 Å². The minimum atomic E-state index is 0.407. The molecule has 20 heavy (non-hydrogen) atoms. The molecule has 3 heteroatoms. The van der Waals surface area contributed by atoms with Crippen LogP contribution in [-0.4, -0.2) is 48.1 Å². The van der Waals surface area contributed by atoms with Crippen molar-refractivity contribution in [1.29, 1.82) is 0 Å². The van der Waals surface area contributed by atoms with Crippen molar-refractivity contribution >= 4 is 0 Å². The van der Waals surface area contributed by atoms with Gasteiger partial charge in [0.1, 0.15) is 0 Å². The van der Waals surface area contributed by atoms with E-state index >= 15 is 0 Å².